The van der Waals surface area contributed by atoms with Gasteiger partial charge in [0.25, 0.3) is 0 Å². The highest BCUT2D eigenvalue weighted by molar-refractivity contribution is 5.97. The Hall–Kier alpha value is -2.03. The van der Waals surface area contributed by atoms with E-state index in [0.29, 0.717) is 18.9 Å². The molecule has 33 heavy (non-hydrogen) atoms. The minimum absolute atomic E-state index is 0.260. The van der Waals surface area contributed by atoms with Crippen LogP contribution in [0.4, 0.5) is 0 Å². The zero-order valence-corrected chi connectivity index (χ0v) is 19.9. The summed E-state index contributed by atoms with van der Waals surface area (Å²) in [6.45, 7) is 8.45. The number of aliphatic imine (C=N–C) groups is 1. The molecule has 7 nitrogen and oxygen atoms in total. The lowest BCUT2D eigenvalue weighted by Gasteiger charge is -2.39. The number of rotatable bonds is 8. The normalized spacial score (nSPS) is 28.2. The molecule has 1 aromatic carbocycles. The zero-order valence-electron chi connectivity index (χ0n) is 19.9. The van der Waals surface area contributed by atoms with Crippen molar-refractivity contribution in [1.29, 1.82) is 0 Å². The molecule has 0 unspecified atom stereocenters. The van der Waals surface area contributed by atoms with E-state index in [2.05, 4.69) is 63.0 Å². The average Bonchev–Trinajstić information content (AvgIpc) is 3.18. The van der Waals surface area contributed by atoms with Crippen LogP contribution in [-0.2, 0) is 15.9 Å². The number of aliphatic hydroxyl groups is 4. The Morgan fingerprint density at radius 2 is 1.94 bits per heavy atom. The third kappa shape index (κ3) is 5.91. The summed E-state index contributed by atoms with van der Waals surface area (Å²) in [6, 6.07) is 6.39. The van der Waals surface area contributed by atoms with Gasteiger partial charge in [-0.25, -0.2) is 4.99 Å². The van der Waals surface area contributed by atoms with Gasteiger partial charge in [0.2, 0.25) is 12.2 Å². The standard InChI is InChI=1S/C26H37NO6/c1-5-6-7-8-17-9-10-18(16(4)11-17)12-19-20(15(2)3)13-27-25(19)33-26-24(31)23(30)22(29)21(14-28)32-26/h7-11,15,21-24,26,28-31H,5-6,12-14H2,1-4H3/b8-7+/t21-,22-,23+,24-,26+/m1/s1. The van der Waals surface area contributed by atoms with Crippen LogP contribution in [0.25, 0.3) is 6.08 Å². The Kier molecular flexibility index (Phi) is 8.84. The maximum Gasteiger partial charge on any atom is 0.231 e. The van der Waals surface area contributed by atoms with E-state index in [1.807, 2.05) is 0 Å². The van der Waals surface area contributed by atoms with Crippen molar-refractivity contribution in [3.05, 3.63) is 52.1 Å². The molecule has 1 aromatic rings. The average molecular weight is 460 g/mol. The predicted molar refractivity (Wildman–Crippen MR) is 128 cm³/mol. The summed E-state index contributed by atoms with van der Waals surface area (Å²) in [7, 11) is 0. The van der Waals surface area contributed by atoms with Crippen molar-refractivity contribution in [2.75, 3.05) is 13.2 Å². The van der Waals surface area contributed by atoms with E-state index in [0.717, 1.165) is 29.6 Å². The van der Waals surface area contributed by atoms with Gasteiger partial charge in [0.1, 0.15) is 24.4 Å². The van der Waals surface area contributed by atoms with Crippen molar-refractivity contribution in [2.24, 2.45) is 10.9 Å². The number of unbranched alkanes of at least 4 members (excludes halogenated alkanes) is 1. The molecule has 0 saturated carbocycles. The van der Waals surface area contributed by atoms with E-state index in [1.165, 1.54) is 11.1 Å². The van der Waals surface area contributed by atoms with Crippen molar-refractivity contribution in [1.82, 2.24) is 0 Å². The van der Waals surface area contributed by atoms with Crippen LogP contribution in [0.1, 0.15) is 50.3 Å². The second-order valence-corrected chi connectivity index (χ2v) is 9.15. The molecule has 7 heteroatoms. The van der Waals surface area contributed by atoms with E-state index >= 15 is 0 Å². The molecule has 1 fully saturated rings. The molecular weight excluding hydrogens is 422 g/mol. The first-order chi connectivity index (χ1) is 15.8. The summed E-state index contributed by atoms with van der Waals surface area (Å²) < 4.78 is 11.5. The van der Waals surface area contributed by atoms with Crippen molar-refractivity contribution >= 4 is 12.0 Å². The van der Waals surface area contributed by atoms with Gasteiger partial charge < -0.3 is 29.9 Å². The highest BCUT2D eigenvalue weighted by atomic mass is 16.7. The molecule has 2 heterocycles. The van der Waals surface area contributed by atoms with Gasteiger partial charge in [-0.15, -0.1) is 0 Å². The fraction of sp³-hybridized carbons (Fsp3) is 0.577. The Balaban J connectivity index is 1.81. The number of nitrogens with zero attached hydrogens (tertiary/aromatic N) is 1. The van der Waals surface area contributed by atoms with Gasteiger partial charge in [-0.1, -0.05) is 57.5 Å². The molecule has 0 radical (unpaired) electrons. The lowest BCUT2D eigenvalue weighted by molar-refractivity contribution is -0.281. The first-order valence-corrected chi connectivity index (χ1v) is 11.8. The lowest BCUT2D eigenvalue weighted by atomic mass is 9.92. The molecule has 0 spiro atoms. The SMILES string of the molecule is CCC/C=C/c1ccc(CC2=C(C(C)C)CN=C2O[C@@H]2O[C@H](CO)[C@@H](O)[C@H](O)[C@H]2O)c(C)c1. The van der Waals surface area contributed by atoms with Gasteiger partial charge in [0, 0.05) is 12.0 Å². The predicted octanol–water partition coefficient (Wildman–Crippen LogP) is 2.53. The first-order valence-electron chi connectivity index (χ1n) is 11.8. The summed E-state index contributed by atoms with van der Waals surface area (Å²) in [5.41, 5.74) is 5.59. The highest BCUT2D eigenvalue weighted by Gasteiger charge is 2.45. The molecule has 3 rings (SSSR count). The number of aliphatic hydroxyl groups excluding tert-OH is 4. The number of ether oxygens (including phenoxy) is 2. The lowest BCUT2D eigenvalue weighted by Crippen LogP contribution is -2.59. The summed E-state index contributed by atoms with van der Waals surface area (Å²) in [5, 5.41) is 39.9. The molecular formula is C26H37NO6. The highest BCUT2D eigenvalue weighted by Crippen LogP contribution is 2.30. The Morgan fingerprint density at radius 1 is 1.18 bits per heavy atom. The summed E-state index contributed by atoms with van der Waals surface area (Å²) in [4.78, 5) is 4.55. The third-order valence-electron chi connectivity index (χ3n) is 6.31. The topological polar surface area (TPSA) is 112 Å². The second kappa shape index (κ2) is 11.4. The number of allylic oxidation sites excluding steroid dienone is 1. The van der Waals surface area contributed by atoms with Crippen LogP contribution in [0.3, 0.4) is 0 Å². The summed E-state index contributed by atoms with van der Waals surface area (Å²) in [5.74, 6) is 0.630. The van der Waals surface area contributed by atoms with Crippen LogP contribution in [0.5, 0.6) is 0 Å². The maximum atomic E-state index is 10.4. The smallest absolute Gasteiger partial charge is 0.231 e. The van der Waals surface area contributed by atoms with Crippen molar-refractivity contribution in [3.63, 3.8) is 0 Å². The van der Waals surface area contributed by atoms with Crippen LogP contribution in [-0.4, -0.2) is 70.2 Å². The largest absolute Gasteiger partial charge is 0.445 e. The second-order valence-electron chi connectivity index (χ2n) is 9.15. The van der Waals surface area contributed by atoms with E-state index in [1.54, 1.807) is 0 Å². The molecule has 2 aliphatic rings. The van der Waals surface area contributed by atoms with Crippen molar-refractivity contribution in [2.45, 2.75) is 77.7 Å². The van der Waals surface area contributed by atoms with Crippen LogP contribution < -0.4 is 0 Å². The molecule has 0 aromatic heterocycles. The van der Waals surface area contributed by atoms with Gasteiger partial charge in [-0.3, -0.25) is 0 Å². The van der Waals surface area contributed by atoms with Gasteiger partial charge in [-0.05, 0) is 41.5 Å². The number of hydrogen-bond donors (Lipinski definition) is 4. The Morgan fingerprint density at radius 3 is 2.58 bits per heavy atom. The van der Waals surface area contributed by atoms with Crippen molar-refractivity contribution < 1.29 is 29.9 Å². The molecule has 4 N–H and O–H groups in total. The van der Waals surface area contributed by atoms with Crippen LogP contribution in [0.2, 0.25) is 0 Å². The molecule has 0 bridgehead atoms. The third-order valence-corrected chi connectivity index (χ3v) is 6.31. The van der Waals surface area contributed by atoms with Crippen LogP contribution in [0.15, 0.2) is 40.4 Å². The quantitative estimate of drug-likeness (QED) is 0.475. The van der Waals surface area contributed by atoms with Gasteiger partial charge in [0.15, 0.2) is 0 Å². The summed E-state index contributed by atoms with van der Waals surface area (Å²) >= 11 is 0. The molecule has 1 saturated heterocycles. The monoisotopic (exact) mass is 459 g/mol. The number of hydrogen-bond acceptors (Lipinski definition) is 7. The summed E-state index contributed by atoms with van der Waals surface area (Å²) in [6.07, 6.45) is 0.472. The molecule has 0 amide bonds. The zero-order chi connectivity index (χ0) is 24.1. The maximum absolute atomic E-state index is 10.4. The minimum atomic E-state index is -1.49. The minimum Gasteiger partial charge on any atom is -0.445 e. The van der Waals surface area contributed by atoms with Gasteiger partial charge in [0.05, 0.1) is 13.2 Å². The van der Waals surface area contributed by atoms with E-state index in [4.69, 9.17) is 9.47 Å². The molecule has 2 aliphatic heterocycles. The van der Waals surface area contributed by atoms with E-state index in [9.17, 15) is 20.4 Å². The van der Waals surface area contributed by atoms with Crippen LogP contribution >= 0.6 is 0 Å². The van der Waals surface area contributed by atoms with Gasteiger partial charge in [-0.2, -0.15) is 0 Å². The first kappa shape index (κ1) is 25.6. The fourth-order valence-corrected chi connectivity index (χ4v) is 4.19. The van der Waals surface area contributed by atoms with Crippen LogP contribution in [0, 0.1) is 12.8 Å². The number of benzene rings is 1. The van der Waals surface area contributed by atoms with Crippen molar-refractivity contribution in [3.8, 4) is 0 Å². The Bertz CT molecular complexity index is 904. The molecule has 182 valence electrons. The van der Waals surface area contributed by atoms with E-state index < -0.39 is 37.3 Å². The molecule has 5 atom stereocenters. The Labute approximate surface area is 196 Å². The fourth-order valence-electron chi connectivity index (χ4n) is 4.19. The number of aryl methyl sites for hydroxylation is 1. The van der Waals surface area contributed by atoms with Gasteiger partial charge >= 0.3 is 0 Å². The molecule has 0 aliphatic carbocycles. The van der Waals surface area contributed by atoms with E-state index in [-0.39, 0.29) is 5.92 Å².